The van der Waals surface area contributed by atoms with Gasteiger partial charge in [0.25, 0.3) is 0 Å². The average molecular weight is 300 g/mol. The Labute approximate surface area is 112 Å². The molecule has 0 heterocycles. The standard InChI is InChI=1S/C14H22BrNO/c1-4-12(13(16)5-2)14(3,17)10-6-8-11(15)9-7-10/h6-9,12-13,17H,4-5,16H2,1-3H3/t12?,13-,14-/m0/s1. The Morgan fingerprint density at radius 3 is 2.18 bits per heavy atom. The third-order valence-corrected chi connectivity index (χ3v) is 4.11. The van der Waals surface area contributed by atoms with Crippen LogP contribution in [0.1, 0.15) is 39.2 Å². The fraction of sp³-hybridized carbons (Fsp3) is 0.571. The van der Waals surface area contributed by atoms with Crippen LogP contribution in [0.3, 0.4) is 0 Å². The van der Waals surface area contributed by atoms with E-state index in [0.717, 1.165) is 22.9 Å². The molecule has 3 atom stereocenters. The highest BCUT2D eigenvalue weighted by Crippen LogP contribution is 2.34. The van der Waals surface area contributed by atoms with Gasteiger partial charge in [-0.2, -0.15) is 0 Å². The van der Waals surface area contributed by atoms with Crippen LogP contribution in [0, 0.1) is 5.92 Å². The average Bonchev–Trinajstić information content (AvgIpc) is 2.29. The van der Waals surface area contributed by atoms with Gasteiger partial charge >= 0.3 is 0 Å². The van der Waals surface area contributed by atoms with E-state index in [-0.39, 0.29) is 12.0 Å². The zero-order chi connectivity index (χ0) is 13.1. The Balaban J connectivity index is 3.02. The maximum absolute atomic E-state index is 10.7. The molecular formula is C14H22BrNO. The topological polar surface area (TPSA) is 46.2 Å². The molecule has 1 unspecified atom stereocenters. The van der Waals surface area contributed by atoms with Gasteiger partial charge in [-0.05, 0) is 37.5 Å². The first kappa shape index (κ1) is 14.7. The number of hydrogen-bond acceptors (Lipinski definition) is 2. The van der Waals surface area contributed by atoms with Crippen molar-refractivity contribution in [1.82, 2.24) is 0 Å². The first-order valence-corrected chi connectivity index (χ1v) is 6.96. The minimum atomic E-state index is -0.870. The van der Waals surface area contributed by atoms with Crippen LogP contribution in [0.2, 0.25) is 0 Å². The maximum atomic E-state index is 10.7. The minimum absolute atomic E-state index is 0.0265. The van der Waals surface area contributed by atoms with Gasteiger partial charge < -0.3 is 10.8 Å². The normalized spacial score (nSPS) is 18.5. The summed E-state index contributed by atoms with van der Waals surface area (Å²) in [5, 5.41) is 10.7. The van der Waals surface area contributed by atoms with Crippen LogP contribution in [0.5, 0.6) is 0 Å². The lowest BCUT2D eigenvalue weighted by Crippen LogP contribution is -2.43. The van der Waals surface area contributed by atoms with Crippen LogP contribution in [-0.4, -0.2) is 11.1 Å². The molecule has 0 saturated carbocycles. The molecule has 0 saturated heterocycles. The van der Waals surface area contributed by atoms with Crippen molar-refractivity contribution in [3.63, 3.8) is 0 Å². The summed E-state index contributed by atoms with van der Waals surface area (Å²) in [6.45, 7) is 6.00. The fourth-order valence-corrected chi connectivity index (χ4v) is 2.67. The van der Waals surface area contributed by atoms with Crippen molar-refractivity contribution in [2.45, 2.75) is 45.3 Å². The molecule has 0 bridgehead atoms. The predicted octanol–water partition coefficient (Wildman–Crippen LogP) is 3.42. The second kappa shape index (κ2) is 5.98. The molecule has 0 aliphatic carbocycles. The fourth-order valence-electron chi connectivity index (χ4n) is 2.40. The minimum Gasteiger partial charge on any atom is -0.385 e. The van der Waals surface area contributed by atoms with Crippen molar-refractivity contribution in [3.05, 3.63) is 34.3 Å². The summed E-state index contributed by atoms with van der Waals surface area (Å²) in [7, 11) is 0. The molecule has 0 aliphatic heterocycles. The first-order chi connectivity index (χ1) is 7.93. The molecule has 17 heavy (non-hydrogen) atoms. The zero-order valence-corrected chi connectivity index (χ0v) is 12.4. The molecule has 0 radical (unpaired) electrons. The van der Waals surface area contributed by atoms with E-state index >= 15 is 0 Å². The van der Waals surface area contributed by atoms with Crippen LogP contribution in [0.25, 0.3) is 0 Å². The maximum Gasteiger partial charge on any atom is 0.0911 e. The Morgan fingerprint density at radius 1 is 1.24 bits per heavy atom. The molecule has 0 spiro atoms. The van der Waals surface area contributed by atoms with E-state index in [1.165, 1.54) is 0 Å². The molecule has 0 aliphatic rings. The van der Waals surface area contributed by atoms with Gasteiger partial charge in [-0.1, -0.05) is 41.9 Å². The first-order valence-electron chi connectivity index (χ1n) is 6.17. The number of benzene rings is 1. The molecule has 0 amide bonds. The lowest BCUT2D eigenvalue weighted by molar-refractivity contribution is -0.0193. The molecule has 0 aromatic heterocycles. The van der Waals surface area contributed by atoms with Gasteiger partial charge in [0, 0.05) is 16.4 Å². The van der Waals surface area contributed by atoms with Crippen LogP contribution in [0.4, 0.5) is 0 Å². The predicted molar refractivity (Wildman–Crippen MR) is 75.8 cm³/mol. The molecule has 2 nitrogen and oxygen atoms in total. The van der Waals surface area contributed by atoms with E-state index in [0.29, 0.717) is 0 Å². The Hall–Kier alpha value is -0.380. The summed E-state index contributed by atoms with van der Waals surface area (Å²) in [5.41, 5.74) is 6.17. The monoisotopic (exact) mass is 299 g/mol. The quantitative estimate of drug-likeness (QED) is 0.875. The van der Waals surface area contributed by atoms with Crippen LogP contribution in [0.15, 0.2) is 28.7 Å². The Morgan fingerprint density at radius 2 is 1.76 bits per heavy atom. The summed E-state index contributed by atoms with van der Waals surface area (Å²) < 4.78 is 1.02. The number of aliphatic hydroxyl groups is 1. The van der Waals surface area contributed by atoms with Gasteiger partial charge in [0.15, 0.2) is 0 Å². The van der Waals surface area contributed by atoms with Gasteiger partial charge in [-0.3, -0.25) is 0 Å². The Kier molecular flexibility index (Phi) is 5.17. The molecular weight excluding hydrogens is 278 g/mol. The Bertz CT molecular complexity index is 348. The molecule has 1 aromatic carbocycles. The van der Waals surface area contributed by atoms with E-state index in [1.54, 1.807) is 0 Å². The van der Waals surface area contributed by atoms with Gasteiger partial charge in [0.05, 0.1) is 5.60 Å². The summed E-state index contributed by atoms with van der Waals surface area (Å²) in [6, 6.07) is 7.84. The lowest BCUT2D eigenvalue weighted by atomic mass is 9.76. The second-order valence-corrected chi connectivity index (χ2v) is 5.66. The van der Waals surface area contributed by atoms with E-state index in [2.05, 4.69) is 29.8 Å². The highest BCUT2D eigenvalue weighted by atomic mass is 79.9. The summed E-state index contributed by atoms with van der Waals surface area (Å²) in [6.07, 6.45) is 1.75. The van der Waals surface area contributed by atoms with E-state index in [4.69, 9.17) is 5.73 Å². The van der Waals surface area contributed by atoms with Crippen LogP contribution < -0.4 is 5.73 Å². The van der Waals surface area contributed by atoms with Gasteiger partial charge in [0.1, 0.15) is 0 Å². The van der Waals surface area contributed by atoms with Crippen molar-refractivity contribution < 1.29 is 5.11 Å². The highest BCUT2D eigenvalue weighted by molar-refractivity contribution is 9.10. The lowest BCUT2D eigenvalue weighted by Gasteiger charge is -2.36. The number of nitrogens with two attached hydrogens (primary N) is 1. The summed E-state index contributed by atoms with van der Waals surface area (Å²) in [5.74, 6) is 0.0775. The van der Waals surface area contributed by atoms with Crippen LogP contribution in [-0.2, 0) is 5.60 Å². The van der Waals surface area contributed by atoms with Crippen molar-refractivity contribution in [2.75, 3.05) is 0 Å². The largest absolute Gasteiger partial charge is 0.385 e. The van der Waals surface area contributed by atoms with Crippen molar-refractivity contribution in [2.24, 2.45) is 11.7 Å². The third-order valence-electron chi connectivity index (χ3n) is 3.58. The molecule has 96 valence electrons. The van der Waals surface area contributed by atoms with Crippen LogP contribution >= 0.6 is 15.9 Å². The molecule has 3 N–H and O–H groups in total. The van der Waals surface area contributed by atoms with E-state index in [9.17, 15) is 5.11 Å². The summed E-state index contributed by atoms with van der Waals surface area (Å²) in [4.78, 5) is 0. The van der Waals surface area contributed by atoms with E-state index in [1.807, 2.05) is 31.2 Å². The molecule has 0 fully saturated rings. The SMILES string of the molecule is CCC([C@@H](N)CC)[C@@](C)(O)c1ccc(Br)cc1. The number of hydrogen-bond donors (Lipinski definition) is 2. The van der Waals surface area contributed by atoms with E-state index < -0.39 is 5.60 Å². The molecule has 1 aromatic rings. The zero-order valence-electron chi connectivity index (χ0n) is 10.8. The second-order valence-electron chi connectivity index (χ2n) is 4.74. The van der Waals surface area contributed by atoms with Crippen molar-refractivity contribution in [3.8, 4) is 0 Å². The molecule has 3 heteroatoms. The van der Waals surface area contributed by atoms with Crippen molar-refractivity contribution >= 4 is 15.9 Å². The van der Waals surface area contributed by atoms with Gasteiger partial charge in [-0.15, -0.1) is 0 Å². The number of halogens is 1. The smallest absolute Gasteiger partial charge is 0.0911 e. The third kappa shape index (κ3) is 3.30. The van der Waals surface area contributed by atoms with Crippen molar-refractivity contribution in [1.29, 1.82) is 0 Å². The van der Waals surface area contributed by atoms with Gasteiger partial charge in [-0.25, -0.2) is 0 Å². The molecule has 1 rings (SSSR count). The summed E-state index contributed by atoms with van der Waals surface area (Å²) >= 11 is 3.40. The highest BCUT2D eigenvalue weighted by Gasteiger charge is 2.35. The number of rotatable bonds is 5. The van der Waals surface area contributed by atoms with Gasteiger partial charge in [0.2, 0.25) is 0 Å².